The number of benzene rings is 2. The Hall–Kier alpha value is -1.99. The fourth-order valence-electron chi connectivity index (χ4n) is 2.11. The van der Waals surface area contributed by atoms with E-state index in [-0.39, 0.29) is 12.3 Å². The standard InChI is InChI=1S/C16H12BrFN2O2S/c1-22-10-5-6-12-13(8-10)23-16(19-12)20-14(21)7-9-3-2-4-11(17)15(9)18/h2-6,8H,7H2,1H3,(H,19,20,21). The first kappa shape index (κ1) is 15.9. The van der Waals surface area contributed by atoms with E-state index in [1.54, 1.807) is 25.3 Å². The van der Waals surface area contributed by atoms with Gasteiger partial charge in [0.05, 0.1) is 28.2 Å². The SMILES string of the molecule is COc1ccc2nc(NC(=O)Cc3cccc(Br)c3F)sc2c1. The molecule has 0 spiro atoms. The monoisotopic (exact) mass is 394 g/mol. The van der Waals surface area contributed by atoms with Crippen LogP contribution in [0.5, 0.6) is 5.75 Å². The maximum absolute atomic E-state index is 13.9. The molecule has 1 N–H and O–H groups in total. The maximum atomic E-state index is 13.9. The van der Waals surface area contributed by atoms with Gasteiger partial charge in [0.1, 0.15) is 11.6 Å². The van der Waals surface area contributed by atoms with Crippen LogP contribution in [0, 0.1) is 5.82 Å². The molecule has 0 saturated heterocycles. The van der Waals surface area contributed by atoms with Crippen LogP contribution in [0.4, 0.5) is 9.52 Å². The molecular weight excluding hydrogens is 383 g/mol. The Kier molecular flexibility index (Phi) is 4.58. The molecule has 118 valence electrons. The van der Waals surface area contributed by atoms with Crippen LogP contribution >= 0.6 is 27.3 Å². The van der Waals surface area contributed by atoms with Gasteiger partial charge in [0.15, 0.2) is 5.13 Å². The average Bonchev–Trinajstić information content (AvgIpc) is 2.92. The first-order valence-electron chi connectivity index (χ1n) is 6.74. The molecule has 0 radical (unpaired) electrons. The molecule has 4 nitrogen and oxygen atoms in total. The Morgan fingerprint density at radius 3 is 3.00 bits per heavy atom. The first-order valence-corrected chi connectivity index (χ1v) is 8.35. The minimum atomic E-state index is -0.420. The molecule has 1 amide bonds. The van der Waals surface area contributed by atoms with Crippen molar-refractivity contribution in [2.45, 2.75) is 6.42 Å². The fraction of sp³-hybridized carbons (Fsp3) is 0.125. The molecule has 23 heavy (non-hydrogen) atoms. The number of anilines is 1. The topological polar surface area (TPSA) is 51.2 Å². The predicted octanol–water partition coefficient (Wildman–Crippen LogP) is 4.39. The van der Waals surface area contributed by atoms with E-state index in [2.05, 4.69) is 26.2 Å². The minimum Gasteiger partial charge on any atom is -0.497 e. The molecule has 7 heteroatoms. The summed E-state index contributed by atoms with van der Waals surface area (Å²) in [6, 6.07) is 10.4. The second-order valence-corrected chi connectivity index (χ2v) is 6.68. The van der Waals surface area contributed by atoms with Crippen molar-refractivity contribution in [1.82, 2.24) is 4.98 Å². The van der Waals surface area contributed by atoms with Gasteiger partial charge >= 0.3 is 0 Å². The highest BCUT2D eigenvalue weighted by atomic mass is 79.9. The average molecular weight is 395 g/mol. The van der Waals surface area contributed by atoms with Gasteiger partial charge in [-0.15, -0.1) is 0 Å². The van der Waals surface area contributed by atoms with Gasteiger partial charge in [-0.25, -0.2) is 9.37 Å². The Labute approximate surface area is 144 Å². The zero-order valence-electron chi connectivity index (χ0n) is 12.1. The van der Waals surface area contributed by atoms with Gasteiger partial charge in [-0.3, -0.25) is 4.79 Å². The molecule has 0 unspecified atom stereocenters. The Morgan fingerprint density at radius 1 is 1.39 bits per heavy atom. The highest BCUT2D eigenvalue weighted by Gasteiger charge is 2.13. The number of fused-ring (bicyclic) bond motifs is 1. The zero-order chi connectivity index (χ0) is 16.4. The van der Waals surface area contributed by atoms with Crippen molar-refractivity contribution in [3.63, 3.8) is 0 Å². The second-order valence-electron chi connectivity index (χ2n) is 4.79. The van der Waals surface area contributed by atoms with E-state index in [0.29, 0.717) is 15.2 Å². The lowest BCUT2D eigenvalue weighted by Crippen LogP contribution is -2.15. The smallest absolute Gasteiger partial charge is 0.230 e. The number of carbonyl (C=O) groups is 1. The summed E-state index contributed by atoms with van der Waals surface area (Å²) in [5.41, 5.74) is 1.11. The van der Waals surface area contributed by atoms with E-state index in [9.17, 15) is 9.18 Å². The number of methoxy groups -OCH3 is 1. The van der Waals surface area contributed by atoms with Gasteiger partial charge in [0.25, 0.3) is 0 Å². The number of nitrogens with one attached hydrogen (secondary N) is 1. The second kappa shape index (κ2) is 6.64. The number of rotatable bonds is 4. The van der Waals surface area contributed by atoms with Gasteiger partial charge in [0.2, 0.25) is 5.91 Å². The molecule has 3 aromatic rings. The number of hydrogen-bond acceptors (Lipinski definition) is 4. The molecule has 1 heterocycles. The van der Waals surface area contributed by atoms with Crippen molar-refractivity contribution in [3.05, 3.63) is 52.3 Å². The zero-order valence-corrected chi connectivity index (χ0v) is 14.5. The lowest BCUT2D eigenvalue weighted by atomic mass is 10.1. The van der Waals surface area contributed by atoms with Crippen LogP contribution in [0.25, 0.3) is 10.2 Å². The summed E-state index contributed by atoms with van der Waals surface area (Å²) in [5.74, 6) is -0.0000549. The van der Waals surface area contributed by atoms with Gasteiger partial charge < -0.3 is 10.1 Å². The molecule has 0 fully saturated rings. The summed E-state index contributed by atoms with van der Waals surface area (Å²) in [4.78, 5) is 16.4. The molecule has 1 aromatic heterocycles. The summed E-state index contributed by atoms with van der Waals surface area (Å²) in [7, 11) is 1.59. The lowest BCUT2D eigenvalue weighted by Gasteiger charge is -2.04. The van der Waals surface area contributed by atoms with Gasteiger partial charge in [0, 0.05) is 0 Å². The first-order chi connectivity index (χ1) is 11.1. The number of carbonyl (C=O) groups excluding carboxylic acids is 1. The molecule has 2 aromatic carbocycles. The quantitative estimate of drug-likeness (QED) is 0.713. The van der Waals surface area contributed by atoms with Crippen LogP contribution in [0.15, 0.2) is 40.9 Å². The molecule has 0 aliphatic carbocycles. The number of aromatic nitrogens is 1. The third-order valence-corrected chi connectivity index (χ3v) is 4.77. The molecule has 3 rings (SSSR count). The van der Waals surface area contributed by atoms with Crippen molar-refractivity contribution < 1.29 is 13.9 Å². The van der Waals surface area contributed by atoms with Gasteiger partial charge in [-0.1, -0.05) is 23.5 Å². The van der Waals surface area contributed by atoms with Crippen molar-refractivity contribution >= 4 is 48.5 Å². The summed E-state index contributed by atoms with van der Waals surface area (Å²) in [5, 5.41) is 3.19. The van der Waals surface area contributed by atoms with Crippen molar-refractivity contribution in [1.29, 1.82) is 0 Å². The van der Waals surface area contributed by atoms with Crippen LogP contribution in [0.1, 0.15) is 5.56 Å². The van der Waals surface area contributed by atoms with Crippen LogP contribution < -0.4 is 10.1 Å². The van der Waals surface area contributed by atoms with Crippen LogP contribution in [-0.4, -0.2) is 18.0 Å². The third kappa shape index (κ3) is 3.51. The summed E-state index contributed by atoms with van der Waals surface area (Å²) < 4.78 is 20.3. The van der Waals surface area contributed by atoms with E-state index in [4.69, 9.17) is 4.74 Å². The van der Waals surface area contributed by atoms with E-state index in [1.807, 2.05) is 18.2 Å². The summed E-state index contributed by atoms with van der Waals surface area (Å²) >= 11 is 4.46. The lowest BCUT2D eigenvalue weighted by molar-refractivity contribution is -0.115. The van der Waals surface area contributed by atoms with Crippen molar-refractivity contribution in [2.24, 2.45) is 0 Å². The highest BCUT2D eigenvalue weighted by molar-refractivity contribution is 9.10. The van der Waals surface area contributed by atoms with E-state index in [0.717, 1.165) is 16.0 Å². The Bertz CT molecular complexity index is 882. The summed E-state index contributed by atoms with van der Waals surface area (Å²) in [6.45, 7) is 0. The number of ether oxygens (including phenoxy) is 1. The molecule has 0 saturated carbocycles. The van der Waals surface area contributed by atoms with E-state index >= 15 is 0 Å². The molecule has 0 bridgehead atoms. The number of amides is 1. The molecule has 0 atom stereocenters. The van der Waals surface area contributed by atoms with Crippen LogP contribution in [0.2, 0.25) is 0 Å². The number of thiazole rings is 1. The predicted molar refractivity (Wildman–Crippen MR) is 92.6 cm³/mol. The molecule has 0 aliphatic rings. The maximum Gasteiger partial charge on any atom is 0.230 e. The highest BCUT2D eigenvalue weighted by Crippen LogP contribution is 2.29. The largest absolute Gasteiger partial charge is 0.497 e. The van der Waals surface area contributed by atoms with Crippen LogP contribution in [-0.2, 0) is 11.2 Å². The third-order valence-electron chi connectivity index (χ3n) is 3.22. The molecule has 0 aliphatic heterocycles. The van der Waals surface area contributed by atoms with Gasteiger partial charge in [-0.2, -0.15) is 0 Å². The Morgan fingerprint density at radius 2 is 2.22 bits per heavy atom. The number of halogens is 2. The van der Waals surface area contributed by atoms with Crippen molar-refractivity contribution in [2.75, 3.05) is 12.4 Å². The fourth-order valence-corrected chi connectivity index (χ4v) is 3.42. The van der Waals surface area contributed by atoms with Crippen LogP contribution in [0.3, 0.4) is 0 Å². The van der Waals surface area contributed by atoms with E-state index in [1.165, 1.54) is 11.3 Å². The molecular formula is C16H12BrFN2O2S. The van der Waals surface area contributed by atoms with E-state index < -0.39 is 5.82 Å². The minimum absolute atomic E-state index is 0.0511. The number of nitrogens with zero attached hydrogens (tertiary/aromatic N) is 1. The normalized spacial score (nSPS) is 10.7. The van der Waals surface area contributed by atoms with Crippen molar-refractivity contribution in [3.8, 4) is 5.75 Å². The summed E-state index contributed by atoms with van der Waals surface area (Å²) in [6.07, 6.45) is -0.0511. The number of hydrogen-bond donors (Lipinski definition) is 1. The Balaban J connectivity index is 1.76. The van der Waals surface area contributed by atoms with Gasteiger partial charge in [-0.05, 0) is 45.8 Å².